The molecule has 1 aliphatic rings. The van der Waals surface area contributed by atoms with Crippen LogP contribution in [-0.2, 0) is 4.74 Å². The molecule has 1 atom stereocenters. The lowest BCUT2D eigenvalue weighted by Crippen LogP contribution is -2.32. The van der Waals surface area contributed by atoms with Crippen LogP contribution in [-0.4, -0.2) is 43.7 Å². The van der Waals surface area contributed by atoms with Gasteiger partial charge in [0.2, 0.25) is 0 Å². The van der Waals surface area contributed by atoms with Gasteiger partial charge in [0.05, 0.1) is 18.8 Å². The second kappa shape index (κ2) is 8.03. The summed E-state index contributed by atoms with van der Waals surface area (Å²) in [5.74, 6) is 0.703. The lowest BCUT2D eigenvalue weighted by molar-refractivity contribution is 0.0432. The van der Waals surface area contributed by atoms with E-state index in [1.807, 2.05) is 29.2 Å². The molecule has 4 heteroatoms. The normalized spacial score (nSPS) is 19.1. The molecule has 1 heterocycles. The Labute approximate surface area is 127 Å². The second-order valence-corrected chi connectivity index (χ2v) is 5.42. The van der Waals surface area contributed by atoms with Gasteiger partial charge in [-0.3, -0.25) is 4.79 Å². The van der Waals surface area contributed by atoms with Gasteiger partial charge in [-0.1, -0.05) is 19.1 Å². The number of nitrogens with zero attached hydrogens (tertiary/aromatic N) is 1. The predicted octanol–water partition coefficient (Wildman–Crippen LogP) is 3.12. The molecule has 1 amide bonds. The molecule has 4 nitrogen and oxygen atoms in total. The minimum atomic E-state index is 0.0589. The van der Waals surface area contributed by atoms with Crippen molar-refractivity contribution in [1.82, 2.24) is 4.90 Å². The van der Waals surface area contributed by atoms with Crippen molar-refractivity contribution in [2.24, 2.45) is 0 Å². The van der Waals surface area contributed by atoms with Crippen LogP contribution in [0, 0.1) is 0 Å². The van der Waals surface area contributed by atoms with Crippen molar-refractivity contribution in [3.63, 3.8) is 0 Å². The molecule has 1 saturated heterocycles. The summed E-state index contributed by atoms with van der Waals surface area (Å²) in [5.41, 5.74) is 0.646. The van der Waals surface area contributed by atoms with Gasteiger partial charge in [-0.15, -0.1) is 0 Å². The Balaban J connectivity index is 2.00. The zero-order valence-electron chi connectivity index (χ0n) is 13.0. The molecule has 1 aliphatic heterocycles. The first-order chi connectivity index (χ1) is 10.3. The SMILES string of the molecule is CCCO[C@@H]1CCCN(C(=O)c2ccccc2OC)CC1. The topological polar surface area (TPSA) is 38.8 Å². The molecule has 1 aromatic carbocycles. The minimum absolute atomic E-state index is 0.0589. The van der Waals surface area contributed by atoms with Crippen LogP contribution >= 0.6 is 0 Å². The Kier molecular flexibility index (Phi) is 6.05. The zero-order valence-corrected chi connectivity index (χ0v) is 13.0. The lowest BCUT2D eigenvalue weighted by Gasteiger charge is -2.21. The van der Waals surface area contributed by atoms with Gasteiger partial charge in [0.15, 0.2) is 0 Å². The molecule has 0 aromatic heterocycles. The summed E-state index contributed by atoms with van der Waals surface area (Å²) in [5, 5.41) is 0. The molecule has 0 spiro atoms. The van der Waals surface area contributed by atoms with Crippen molar-refractivity contribution in [3.05, 3.63) is 29.8 Å². The van der Waals surface area contributed by atoms with E-state index < -0.39 is 0 Å². The third kappa shape index (κ3) is 4.21. The van der Waals surface area contributed by atoms with E-state index in [0.717, 1.165) is 45.4 Å². The quantitative estimate of drug-likeness (QED) is 0.836. The molecule has 1 fully saturated rings. The van der Waals surface area contributed by atoms with Crippen LogP contribution < -0.4 is 4.74 Å². The number of methoxy groups -OCH3 is 1. The van der Waals surface area contributed by atoms with Gasteiger partial charge < -0.3 is 14.4 Å². The van der Waals surface area contributed by atoms with E-state index in [9.17, 15) is 4.79 Å². The van der Waals surface area contributed by atoms with Crippen molar-refractivity contribution >= 4 is 5.91 Å². The number of carbonyl (C=O) groups is 1. The Morgan fingerprint density at radius 3 is 2.86 bits per heavy atom. The van der Waals surface area contributed by atoms with Crippen LogP contribution in [0.3, 0.4) is 0 Å². The largest absolute Gasteiger partial charge is 0.496 e. The molecule has 116 valence electrons. The third-order valence-corrected chi connectivity index (χ3v) is 3.86. The number of para-hydroxylation sites is 1. The van der Waals surface area contributed by atoms with Crippen LogP contribution in [0.25, 0.3) is 0 Å². The van der Waals surface area contributed by atoms with Crippen LogP contribution in [0.1, 0.15) is 43.0 Å². The van der Waals surface area contributed by atoms with Gasteiger partial charge >= 0.3 is 0 Å². The Hall–Kier alpha value is -1.55. The van der Waals surface area contributed by atoms with Crippen LogP contribution in [0.2, 0.25) is 0 Å². The van der Waals surface area contributed by atoms with Crippen molar-refractivity contribution in [2.75, 3.05) is 26.8 Å². The molecular formula is C17H25NO3. The molecule has 0 saturated carbocycles. The maximum absolute atomic E-state index is 12.7. The molecule has 1 aromatic rings. The highest BCUT2D eigenvalue weighted by Gasteiger charge is 2.23. The van der Waals surface area contributed by atoms with E-state index in [-0.39, 0.29) is 5.91 Å². The summed E-state index contributed by atoms with van der Waals surface area (Å²) in [6.07, 6.45) is 4.28. The van der Waals surface area contributed by atoms with E-state index in [1.165, 1.54) is 0 Å². The number of rotatable bonds is 5. The average molecular weight is 291 g/mol. The summed E-state index contributed by atoms with van der Waals surface area (Å²) in [6, 6.07) is 7.42. The fourth-order valence-electron chi connectivity index (χ4n) is 2.71. The number of hydrogen-bond donors (Lipinski definition) is 0. The Morgan fingerprint density at radius 2 is 2.10 bits per heavy atom. The number of carbonyl (C=O) groups excluding carboxylic acids is 1. The van der Waals surface area contributed by atoms with E-state index in [4.69, 9.17) is 9.47 Å². The lowest BCUT2D eigenvalue weighted by atomic mass is 10.1. The van der Waals surface area contributed by atoms with Crippen LogP contribution in [0.15, 0.2) is 24.3 Å². The summed E-state index contributed by atoms with van der Waals surface area (Å²) in [7, 11) is 1.60. The third-order valence-electron chi connectivity index (χ3n) is 3.86. The first-order valence-corrected chi connectivity index (χ1v) is 7.80. The van der Waals surface area contributed by atoms with Gasteiger partial charge in [-0.25, -0.2) is 0 Å². The van der Waals surface area contributed by atoms with Gasteiger partial charge in [0.25, 0.3) is 5.91 Å². The highest BCUT2D eigenvalue weighted by molar-refractivity contribution is 5.96. The molecule has 21 heavy (non-hydrogen) atoms. The van der Waals surface area contributed by atoms with Crippen molar-refractivity contribution < 1.29 is 14.3 Å². The van der Waals surface area contributed by atoms with Gasteiger partial charge in [0.1, 0.15) is 5.75 Å². The number of hydrogen-bond acceptors (Lipinski definition) is 3. The van der Waals surface area contributed by atoms with Crippen LogP contribution in [0.4, 0.5) is 0 Å². The first-order valence-electron chi connectivity index (χ1n) is 7.80. The zero-order chi connectivity index (χ0) is 15.1. The molecule has 0 unspecified atom stereocenters. The van der Waals surface area contributed by atoms with E-state index >= 15 is 0 Å². The Bertz CT molecular complexity index is 461. The minimum Gasteiger partial charge on any atom is -0.496 e. The molecule has 0 radical (unpaired) electrons. The highest BCUT2D eigenvalue weighted by Crippen LogP contribution is 2.22. The summed E-state index contributed by atoms with van der Waals surface area (Å²) in [6.45, 7) is 4.48. The summed E-state index contributed by atoms with van der Waals surface area (Å²) < 4.78 is 11.1. The number of amides is 1. The Morgan fingerprint density at radius 1 is 1.29 bits per heavy atom. The maximum atomic E-state index is 12.7. The standard InChI is InChI=1S/C17H25NO3/c1-3-13-21-14-7-6-11-18(12-10-14)17(19)15-8-4-5-9-16(15)20-2/h4-5,8-9,14H,3,6-7,10-13H2,1-2H3/t14-/m1/s1. The van der Waals surface area contributed by atoms with E-state index in [2.05, 4.69) is 6.92 Å². The predicted molar refractivity (Wildman–Crippen MR) is 82.8 cm³/mol. The summed E-state index contributed by atoms with van der Waals surface area (Å²) in [4.78, 5) is 14.6. The summed E-state index contributed by atoms with van der Waals surface area (Å²) >= 11 is 0. The van der Waals surface area contributed by atoms with Crippen LogP contribution in [0.5, 0.6) is 5.75 Å². The molecule has 0 bridgehead atoms. The number of benzene rings is 1. The van der Waals surface area contributed by atoms with Crippen molar-refractivity contribution in [1.29, 1.82) is 0 Å². The van der Waals surface area contributed by atoms with E-state index in [1.54, 1.807) is 7.11 Å². The fourth-order valence-corrected chi connectivity index (χ4v) is 2.71. The van der Waals surface area contributed by atoms with Crippen molar-refractivity contribution in [3.8, 4) is 5.75 Å². The van der Waals surface area contributed by atoms with Gasteiger partial charge in [0, 0.05) is 19.7 Å². The number of likely N-dealkylation sites (tertiary alicyclic amines) is 1. The maximum Gasteiger partial charge on any atom is 0.257 e. The fraction of sp³-hybridized carbons (Fsp3) is 0.588. The molecule has 2 rings (SSSR count). The molecule has 0 N–H and O–H groups in total. The monoisotopic (exact) mass is 291 g/mol. The van der Waals surface area contributed by atoms with Gasteiger partial charge in [-0.2, -0.15) is 0 Å². The van der Waals surface area contributed by atoms with E-state index in [0.29, 0.717) is 17.4 Å². The van der Waals surface area contributed by atoms with Gasteiger partial charge in [-0.05, 0) is 37.8 Å². The molecular weight excluding hydrogens is 266 g/mol. The second-order valence-electron chi connectivity index (χ2n) is 5.42. The van der Waals surface area contributed by atoms with Crippen molar-refractivity contribution in [2.45, 2.75) is 38.7 Å². The smallest absolute Gasteiger partial charge is 0.257 e. The number of ether oxygens (including phenoxy) is 2. The first kappa shape index (κ1) is 15.8. The molecule has 0 aliphatic carbocycles. The average Bonchev–Trinajstić information content (AvgIpc) is 2.77. The highest BCUT2D eigenvalue weighted by atomic mass is 16.5.